The fourth-order valence-electron chi connectivity index (χ4n) is 2.38. The van der Waals surface area contributed by atoms with Gasteiger partial charge in [-0.2, -0.15) is 4.31 Å². The molecule has 7 heteroatoms. The minimum Gasteiger partial charge on any atom is -0.384 e. The molecule has 1 saturated heterocycles. The van der Waals surface area contributed by atoms with Crippen molar-refractivity contribution in [3.05, 3.63) is 28.5 Å². The molecule has 0 radical (unpaired) electrons. The van der Waals surface area contributed by atoms with Crippen LogP contribution in [-0.2, 0) is 14.8 Å². The van der Waals surface area contributed by atoms with Gasteiger partial charge in [-0.3, -0.25) is 0 Å². The van der Waals surface area contributed by atoms with E-state index in [2.05, 4.69) is 15.9 Å². The Morgan fingerprint density at radius 1 is 1.40 bits per heavy atom. The van der Waals surface area contributed by atoms with E-state index in [1.54, 1.807) is 7.11 Å². The molecule has 112 valence electrons. The number of hydrogen-bond acceptors (Lipinski definition) is 3. The molecule has 0 unspecified atom stereocenters. The number of methoxy groups -OCH3 is 1. The maximum Gasteiger partial charge on any atom is 0.245 e. The van der Waals surface area contributed by atoms with Gasteiger partial charge in [0.15, 0.2) is 0 Å². The molecule has 0 atom stereocenters. The van der Waals surface area contributed by atoms with Crippen LogP contribution < -0.4 is 0 Å². The largest absolute Gasteiger partial charge is 0.384 e. The molecule has 1 aliphatic rings. The van der Waals surface area contributed by atoms with Gasteiger partial charge in [-0.1, -0.05) is 15.9 Å². The summed E-state index contributed by atoms with van der Waals surface area (Å²) in [6.07, 6.45) is 1.48. The zero-order chi connectivity index (χ0) is 14.8. The SMILES string of the molecule is COCC1CCN(S(=O)(=O)c2ccc(Br)cc2F)CC1. The first-order chi connectivity index (χ1) is 9.45. The molecule has 1 aromatic rings. The van der Waals surface area contributed by atoms with Gasteiger partial charge in [-0.05, 0) is 37.0 Å². The van der Waals surface area contributed by atoms with Crippen LogP contribution in [0.3, 0.4) is 0 Å². The van der Waals surface area contributed by atoms with E-state index in [1.165, 1.54) is 22.5 Å². The van der Waals surface area contributed by atoms with Crippen molar-refractivity contribution in [2.45, 2.75) is 17.7 Å². The Balaban J connectivity index is 2.15. The lowest BCUT2D eigenvalue weighted by atomic mass is 9.99. The number of benzene rings is 1. The molecular formula is C13H17BrFNO3S. The summed E-state index contributed by atoms with van der Waals surface area (Å²) in [6, 6.07) is 4.01. The quantitative estimate of drug-likeness (QED) is 0.823. The number of piperidine rings is 1. The van der Waals surface area contributed by atoms with E-state index in [-0.39, 0.29) is 4.90 Å². The first-order valence-corrected chi connectivity index (χ1v) is 8.62. The van der Waals surface area contributed by atoms with Gasteiger partial charge >= 0.3 is 0 Å². The Morgan fingerprint density at radius 2 is 2.05 bits per heavy atom. The summed E-state index contributed by atoms with van der Waals surface area (Å²) in [5, 5.41) is 0. The third kappa shape index (κ3) is 3.39. The standard InChI is InChI=1S/C13H17BrFNO3S/c1-19-9-10-4-6-16(7-5-10)20(17,18)13-3-2-11(14)8-12(13)15/h2-3,8,10H,4-7,9H2,1H3. The van der Waals surface area contributed by atoms with Crippen molar-refractivity contribution in [3.8, 4) is 0 Å². The summed E-state index contributed by atoms with van der Waals surface area (Å²) in [5.41, 5.74) is 0. The Labute approximate surface area is 127 Å². The van der Waals surface area contributed by atoms with E-state index in [0.29, 0.717) is 30.1 Å². The van der Waals surface area contributed by atoms with Crippen molar-refractivity contribution < 1.29 is 17.5 Å². The van der Waals surface area contributed by atoms with Gasteiger partial charge in [-0.15, -0.1) is 0 Å². The highest BCUT2D eigenvalue weighted by Crippen LogP contribution is 2.26. The van der Waals surface area contributed by atoms with E-state index in [4.69, 9.17) is 4.74 Å². The molecule has 20 heavy (non-hydrogen) atoms. The first kappa shape index (κ1) is 15.9. The fourth-order valence-corrected chi connectivity index (χ4v) is 4.22. The molecule has 4 nitrogen and oxygen atoms in total. The van der Waals surface area contributed by atoms with Crippen LogP contribution in [0.4, 0.5) is 4.39 Å². The lowest BCUT2D eigenvalue weighted by Crippen LogP contribution is -2.39. The van der Waals surface area contributed by atoms with E-state index >= 15 is 0 Å². The molecule has 0 aliphatic carbocycles. The molecule has 1 aromatic carbocycles. The van der Waals surface area contributed by atoms with E-state index < -0.39 is 15.8 Å². The van der Waals surface area contributed by atoms with E-state index in [1.807, 2.05) is 0 Å². The zero-order valence-corrected chi connectivity index (χ0v) is 13.6. The lowest BCUT2D eigenvalue weighted by molar-refractivity contribution is 0.121. The molecule has 0 amide bonds. The van der Waals surface area contributed by atoms with Gasteiger partial charge < -0.3 is 4.74 Å². The van der Waals surface area contributed by atoms with Crippen molar-refractivity contribution in [3.63, 3.8) is 0 Å². The van der Waals surface area contributed by atoms with Crippen molar-refractivity contribution in [1.82, 2.24) is 4.31 Å². The van der Waals surface area contributed by atoms with Gasteiger partial charge in [0, 0.05) is 31.3 Å². The van der Waals surface area contributed by atoms with E-state index in [0.717, 1.165) is 12.8 Å². The van der Waals surface area contributed by atoms with Crippen molar-refractivity contribution in [1.29, 1.82) is 0 Å². The monoisotopic (exact) mass is 365 g/mol. The van der Waals surface area contributed by atoms with Gasteiger partial charge in [0.2, 0.25) is 10.0 Å². The number of hydrogen-bond donors (Lipinski definition) is 0. The molecule has 0 bridgehead atoms. The van der Waals surface area contributed by atoms with Gasteiger partial charge in [0.05, 0.1) is 0 Å². The summed E-state index contributed by atoms with van der Waals surface area (Å²) in [5.74, 6) is -0.348. The molecular weight excluding hydrogens is 349 g/mol. The topological polar surface area (TPSA) is 46.6 Å². The average molecular weight is 366 g/mol. The smallest absolute Gasteiger partial charge is 0.245 e. The van der Waals surface area contributed by atoms with Crippen molar-refractivity contribution in [2.24, 2.45) is 5.92 Å². The van der Waals surface area contributed by atoms with Crippen LogP contribution in [0, 0.1) is 11.7 Å². The van der Waals surface area contributed by atoms with Crippen LogP contribution >= 0.6 is 15.9 Å². The summed E-state index contributed by atoms with van der Waals surface area (Å²) in [4.78, 5) is -0.258. The Bertz CT molecular complexity index is 571. The van der Waals surface area contributed by atoms with Crippen LogP contribution in [0.25, 0.3) is 0 Å². The third-order valence-corrected chi connectivity index (χ3v) is 5.91. The second-order valence-electron chi connectivity index (χ2n) is 4.88. The van der Waals surface area contributed by atoms with Gasteiger partial charge in [0.1, 0.15) is 10.7 Å². The Kier molecular flexibility index (Phi) is 5.17. The van der Waals surface area contributed by atoms with Crippen LogP contribution in [0.1, 0.15) is 12.8 Å². The molecule has 0 aromatic heterocycles. The van der Waals surface area contributed by atoms with E-state index in [9.17, 15) is 12.8 Å². The predicted molar refractivity (Wildman–Crippen MR) is 77.5 cm³/mol. The fraction of sp³-hybridized carbons (Fsp3) is 0.538. The molecule has 1 fully saturated rings. The number of sulfonamides is 1. The number of rotatable bonds is 4. The van der Waals surface area contributed by atoms with Crippen molar-refractivity contribution >= 4 is 26.0 Å². The minimum atomic E-state index is -3.75. The number of ether oxygens (including phenoxy) is 1. The van der Waals surface area contributed by atoms with Gasteiger partial charge in [-0.25, -0.2) is 12.8 Å². The molecule has 0 N–H and O–H groups in total. The second kappa shape index (κ2) is 6.51. The zero-order valence-electron chi connectivity index (χ0n) is 11.2. The summed E-state index contributed by atoms with van der Waals surface area (Å²) >= 11 is 3.12. The normalized spacial score (nSPS) is 18.4. The van der Waals surface area contributed by atoms with Crippen molar-refractivity contribution in [2.75, 3.05) is 26.8 Å². The highest BCUT2D eigenvalue weighted by molar-refractivity contribution is 9.10. The maximum atomic E-state index is 13.8. The highest BCUT2D eigenvalue weighted by atomic mass is 79.9. The maximum absolute atomic E-state index is 13.8. The highest BCUT2D eigenvalue weighted by Gasteiger charge is 2.31. The van der Waals surface area contributed by atoms with Gasteiger partial charge in [0.25, 0.3) is 0 Å². The Morgan fingerprint density at radius 3 is 2.60 bits per heavy atom. The number of halogens is 2. The molecule has 1 heterocycles. The lowest BCUT2D eigenvalue weighted by Gasteiger charge is -2.30. The van der Waals surface area contributed by atoms with Crippen LogP contribution in [0.15, 0.2) is 27.6 Å². The molecule has 2 rings (SSSR count). The summed E-state index contributed by atoms with van der Waals surface area (Å²) in [7, 11) is -2.11. The van der Waals surface area contributed by atoms with Crippen LogP contribution in [0.2, 0.25) is 0 Å². The number of nitrogens with zero attached hydrogens (tertiary/aromatic N) is 1. The summed E-state index contributed by atoms with van der Waals surface area (Å²) < 4.78 is 45.6. The van der Waals surface area contributed by atoms with Crippen LogP contribution in [-0.4, -0.2) is 39.5 Å². The average Bonchev–Trinajstić information content (AvgIpc) is 2.39. The predicted octanol–water partition coefficient (Wildman–Crippen LogP) is 2.64. The summed E-state index contributed by atoms with van der Waals surface area (Å²) in [6.45, 7) is 1.46. The first-order valence-electron chi connectivity index (χ1n) is 6.39. The molecule has 0 spiro atoms. The molecule has 1 aliphatic heterocycles. The molecule has 0 saturated carbocycles. The Hall–Kier alpha value is -0.500. The second-order valence-corrected chi connectivity index (χ2v) is 7.70. The third-order valence-electron chi connectivity index (χ3n) is 3.49. The minimum absolute atomic E-state index is 0.258. The van der Waals surface area contributed by atoms with Crippen LogP contribution in [0.5, 0.6) is 0 Å².